The molecule has 0 aromatic carbocycles. The second-order valence-electron chi connectivity index (χ2n) is 4.79. The second-order valence-corrected chi connectivity index (χ2v) is 5.97. The van der Waals surface area contributed by atoms with Crippen LogP contribution in [-0.4, -0.2) is 42.3 Å². The Morgan fingerprint density at radius 1 is 1.50 bits per heavy atom. The summed E-state index contributed by atoms with van der Waals surface area (Å²) in [6.45, 7) is 9.84. The van der Waals surface area contributed by atoms with E-state index in [-0.39, 0.29) is 29.1 Å². The number of rotatable bonds is 9. The molecule has 0 aromatic heterocycles. The molecule has 0 aromatic rings. The average Bonchev–Trinajstić information content (AvgIpc) is 2.77. The zero-order valence-electron chi connectivity index (χ0n) is 11.9. The third-order valence-corrected chi connectivity index (χ3v) is 4.09. The number of carbonyl (C=O) groups excluding carboxylic acids is 1. The monoisotopic (exact) mass is 346 g/mol. The van der Waals surface area contributed by atoms with Gasteiger partial charge >= 0.3 is 5.97 Å². The summed E-state index contributed by atoms with van der Waals surface area (Å²) < 4.78 is 16.7. The predicted octanol–water partition coefficient (Wildman–Crippen LogP) is 3.01. The van der Waals surface area contributed by atoms with E-state index in [4.69, 9.17) is 14.2 Å². The molecule has 1 heterocycles. The van der Waals surface area contributed by atoms with E-state index in [2.05, 4.69) is 29.1 Å². The highest BCUT2D eigenvalue weighted by molar-refractivity contribution is 9.09. The number of hydrogen-bond donors (Lipinski definition) is 0. The third-order valence-electron chi connectivity index (χ3n) is 3.12. The van der Waals surface area contributed by atoms with Crippen molar-refractivity contribution in [3.05, 3.63) is 25.3 Å². The fraction of sp³-hybridized carbons (Fsp3) is 0.667. The first kappa shape index (κ1) is 17.4. The van der Waals surface area contributed by atoms with Crippen LogP contribution in [0, 0.1) is 0 Å². The van der Waals surface area contributed by atoms with Gasteiger partial charge in [-0.2, -0.15) is 0 Å². The van der Waals surface area contributed by atoms with Crippen molar-refractivity contribution in [1.82, 2.24) is 0 Å². The van der Waals surface area contributed by atoms with Gasteiger partial charge in [0, 0.05) is 31.2 Å². The average molecular weight is 347 g/mol. The van der Waals surface area contributed by atoms with Crippen LogP contribution in [0.25, 0.3) is 0 Å². The Balaban J connectivity index is 2.51. The molecule has 20 heavy (non-hydrogen) atoms. The summed E-state index contributed by atoms with van der Waals surface area (Å²) in [6, 6.07) is 0. The Hall–Kier alpha value is -0.650. The number of esters is 1. The third kappa shape index (κ3) is 5.77. The van der Waals surface area contributed by atoms with Gasteiger partial charge in [0.1, 0.15) is 6.10 Å². The van der Waals surface area contributed by atoms with Crippen LogP contribution in [0.2, 0.25) is 0 Å². The van der Waals surface area contributed by atoms with Crippen molar-refractivity contribution >= 4 is 21.9 Å². The van der Waals surface area contributed by atoms with Crippen LogP contribution in [0.4, 0.5) is 0 Å². The van der Waals surface area contributed by atoms with E-state index >= 15 is 0 Å². The largest absolute Gasteiger partial charge is 0.460 e. The first-order chi connectivity index (χ1) is 9.58. The molecule has 0 radical (unpaired) electrons. The van der Waals surface area contributed by atoms with E-state index in [1.807, 2.05) is 6.08 Å². The maximum absolute atomic E-state index is 11.2. The lowest BCUT2D eigenvalue weighted by atomic mass is 10.1. The molecule has 5 heteroatoms. The first-order valence-electron chi connectivity index (χ1n) is 6.84. The summed E-state index contributed by atoms with van der Waals surface area (Å²) in [6.07, 6.45) is 5.50. The van der Waals surface area contributed by atoms with Crippen LogP contribution in [0.15, 0.2) is 25.3 Å². The van der Waals surface area contributed by atoms with E-state index in [0.717, 1.165) is 6.42 Å². The van der Waals surface area contributed by atoms with E-state index in [0.29, 0.717) is 26.1 Å². The van der Waals surface area contributed by atoms with Crippen molar-refractivity contribution < 1.29 is 19.0 Å². The molecule has 4 atom stereocenters. The van der Waals surface area contributed by atoms with Crippen LogP contribution in [0.1, 0.15) is 26.2 Å². The smallest absolute Gasteiger partial charge is 0.302 e. The highest BCUT2D eigenvalue weighted by Gasteiger charge is 2.39. The molecule has 1 saturated heterocycles. The predicted molar refractivity (Wildman–Crippen MR) is 82.0 cm³/mol. The summed E-state index contributed by atoms with van der Waals surface area (Å²) >= 11 is 3.60. The van der Waals surface area contributed by atoms with Crippen LogP contribution in [0.3, 0.4) is 0 Å². The van der Waals surface area contributed by atoms with Gasteiger partial charge < -0.3 is 14.2 Å². The summed E-state index contributed by atoms with van der Waals surface area (Å²) in [7, 11) is 0. The Kier molecular flexibility index (Phi) is 8.11. The maximum Gasteiger partial charge on any atom is 0.302 e. The lowest BCUT2D eigenvalue weighted by Crippen LogP contribution is -2.27. The molecular weight excluding hydrogens is 324 g/mol. The van der Waals surface area contributed by atoms with E-state index in [9.17, 15) is 4.79 Å². The summed E-state index contributed by atoms with van der Waals surface area (Å²) in [4.78, 5) is 11.4. The second kappa shape index (κ2) is 9.32. The Morgan fingerprint density at radius 2 is 2.25 bits per heavy atom. The van der Waals surface area contributed by atoms with Crippen molar-refractivity contribution in [2.45, 2.75) is 49.3 Å². The minimum absolute atomic E-state index is 0.0294. The minimum Gasteiger partial charge on any atom is -0.460 e. The quantitative estimate of drug-likeness (QED) is 0.278. The highest BCUT2D eigenvalue weighted by Crippen LogP contribution is 2.31. The molecule has 0 bridgehead atoms. The molecule has 0 saturated carbocycles. The number of alkyl halides is 1. The lowest BCUT2D eigenvalue weighted by Gasteiger charge is -2.18. The fourth-order valence-electron chi connectivity index (χ4n) is 2.25. The van der Waals surface area contributed by atoms with Crippen molar-refractivity contribution in [2.24, 2.45) is 0 Å². The molecule has 1 aliphatic rings. The van der Waals surface area contributed by atoms with Gasteiger partial charge in [-0.3, -0.25) is 4.79 Å². The van der Waals surface area contributed by atoms with Gasteiger partial charge in [0.15, 0.2) is 0 Å². The molecule has 0 amide bonds. The van der Waals surface area contributed by atoms with Crippen LogP contribution < -0.4 is 0 Å². The number of carbonyl (C=O) groups is 1. The molecule has 0 unspecified atom stereocenters. The fourth-order valence-corrected chi connectivity index (χ4v) is 2.85. The van der Waals surface area contributed by atoms with Crippen LogP contribution >= 0.6 is 15.9 Å². The lowest BCUT2D eigenvalue weighted by molar-refractivity contribution is -0.149. The van der Waals surface area contributed by atoms with Crippen molar-refractivity contribution in [3.63, 3.8) is 0 Å². The summed E-state index contributed by atoms with van der Waals surface area (Å²) in [5.74, 6) is -0.272. The number of ether oxygens (including phenoxy) is 3. The van der Waals surface area contributed by atoms with Crippen LogP contribution in [-0.2, 0) is 19.0 Å². The Labute approximate surface area is 129 Å². The normalized spacial score (nSPS) is 27.0. The Morgan fingerprint density at radius 3 is 2.85 bits per heavy atom. The molecule has 0 N–H and O–H groups in total. The summed E-state index contributed by atoms with van der Waals surface area (Å²) in [5.41, 5.74) is 0. The standard InChI is InChI=1S/C15H23BrO4/c1-4-6-12(16)14-10-15(19-11(3)17)13(20-14)7-9-18-8-5-2/h4-5,12-15H,1-2,6-10H2,3H3/t12-,13+,14-,15+/m0/s1. The van der Waals surface area contributed by atoms with Gasteiger partial charge in [0.25, 0.3) is 0 Å². The number of hydrogen-bond acceptors (Lipinski definition) is 4. The topological polar surface area (TPSA) is 44.8 Å². The van der Waals surface area contributed by atoms with E-state index in [1.54, 1.807) is 6.08 Å². The van der Waals surface area contributed by atoms with Gasteiger partial charge in [-0.1, -0.05) is 28.1 Å². The van der Waals surface area contributed by atoms with Crippen molar-refractivity contribution in [1.29, 1.82) is 0 Å². The molecular formula is C15H23BrO4. The van der Waals surface area contributed by atoms with Gasteiger partial charge in [0.2, 0.25) is 0 Å². The first-order valence-corrected chi connectivity index (χ1v) is 7.76. The minimum atomic E-state index is -0.272. The van der Waals surface area contributed by atoms with E-state index < -0.39 is 0 Å². The Bertz CT molecular complexity index is 332. The molecule has 1 rings (SSSR count). The maximum atomic E-state index is 11.2. The SMILES string of the molecule is C=CCOCC[C@H]1O[C@H]([C@@H](Br)CC=C)C[C@H]1OC(C)=O. The van der Waals surface area contributed by atoms with Crippen molar-refractivity contribution in [2.75, 3.05) is 13.2 Å². The van der Waals surface area contributed by atoms with Gasteiger partial charge in [-0.05, 0) is 6.42 Å². The molecule has 0 aliphatic carbocycles. The highest BCUT2D eigenvalue weighted by atomic mass is 79.9. The molecule has 1 fully saturated rings. The zero-order valence-corrected chi connectivity index (χ0v) is 13.5. The van der Waals surface area contributed by atoms with E-state index in [1.165, 1.54) is 6.92 Å². The molecule has 0 spiro atoms. The molecule has 114 valence electrons. The van der Waals surface area contributed by atoms with Gasteiger partial charge in [0.05, 0.1) is 18.8 Å². The van der Waals surface area contributed by atoms with Crippen molar-refractivity contribution in [3.8, 4) is 0 Å². The van der Waals surface area contributed by atoms with Gasteiger partial charge in [-0.15, -0.1) is 13.2 Å². The van der Waals surface area contributed by atoms with Gasteiger partial charge in [-0.25, -0.2) is 0 Å². The van der Waals surface area contributed by atoms with Crippen LogP contribution in [0.5, 0.6) is 0 Å². The molecule has 1 aliphatic heterocycles. The summed E-state index contributed by atoms with van der Waals surface area (Å²) in [5, 5.41) is 0. The number of allylic oxidation sites excluding steroid dienone is 1. The number of halogens is 1. The molecule has 4 nitrogen and oxygen atoms in total. The zero-order chi connectivity index (χ0) is 15.0.